The van der Waals surface area contributed by atoms with Crippen LogP contribution in [0.4, 0.5) is 0 Å². The number of rotatable bonds is 5. The number of nitrogens with one attached hydrogen (secondary N) is 1. The van der Waals surface area contributed by atoms with Gasteiger partial charge in [0.05, 0.1) is 11.3 Å². The molecule has 114 valence electrons. The van der Waals surface area contributed by atoms with Crippen molar-refractivity contribution in [3.63, 3.8) is 0 Å². The van der Waals surface area contributed by atoms with E-state index >= 15 is 0 Å². The van der Waals surface area contributed by atoms with Crippen LogP contribution in [0, 0.1) is 13.8 Å². The second kappa shape index (κ2) is 6.31. The Morgan fingerprint density at radius 3 is 2.62 bits per heavy atom. The van der Waals surface area contributed by atoms with Crippen molar-refractivity contribution < 1.29 is 4.74 Å². The summed E-state index contributed by atoms with van der Waals surface area (Å²) >= 11 is 0. The molecule has 0 saturated heterocycles. The van der Waals surface area contributed by atoms with Gasteiger partial charge in [-0.05, 0) is 44.0 Å². The van der Waals surface area contributed by atoms with E-state index in [9.17, 15) is 0 Å². The summed E-state index contributed by atoms with van der Waals surface area (Å²) in [5.41, 5.74) is 4.52. The van der Waals surface area contributed by atoms with E-state index in [4.69, 9.17) is 4.74 Å². The third-order valence-corrected chi connectivity index (χ3v) is 3.73. The first kappa shape index (κ1) is 15.6. The molecule has 0 saturated carbocycles. The molecule has 2 aromatic rings. The molecule has 1 N–H and O–H groups in total. The lowest BCUT2D eigenvalue weighted by atomic mass is 10.0. The lowest BCUT2D eigenvalue weighted by molar-refractivity contribution is 0.421. The van der Waals surface area contributed by atoms with Crippen molar-refractivity contribution in [1.82, 2.24) is 15.1 Å². The second-order valence-electron chi connectivity index (χ2n) is 5.80. The largest absolute Gasteiger partial charge is 0.439 e. The van der Waals surface area contributed by atoms with Gasteiger partial charge in [-0.2, -0.15) is 5.10 Å². The third-order valence-electron chi connectivity index (χ3n) is 3.73. The average Bonchev–Trinajstić information content (AvgIpc) is 2.68. The smallest absolute Gasteiger partial charge is 0.222 e. The fraction of sp³-hybridized carbons (Fsp3) is 0.471. The van der Waals surface area contributed by atoms with E-state index in [0.717, 1.165) is 35.0 Å². The number of ether oxygens (including phenoxy) is 1. The highest BCUT2D eigenvalue weighted by Crippen LogP contribution is 2.31. The zero-order chi connectivity index (χ0) is 15.6. The fourth-order valence-electron chi connectivity index (χ4n) is 2.38. The number of hydrogen-bond donors (Lipinski definition) is 1. The number of benzene rings is 1. The molecule has 0 atom stereocenters. The first-order chi connectivity index (χ1) is 9.93. The molecule has 0 aliphatic heterocycles. The summed E-state index contributed by atoms with van der Waals surface area (Å²) in [6, 6.07) is 6.41. The summed E-state index contributed by atoms with van der Waals surface area (Å²) in [6.45, 7) is 9.21. The van der Waals surface area contributed by atoms with Gasteiger partial charge >= 0.3 is 0 Å². The maximum atomic E-state index is 6.20. The fourth-order valence-corrected chi connectivity index (χ4v) is 2.38. The molecular formula is C17H25N3O. The van der Waals surface area contributed by atoms with Gasteiger partial charge in [-0.3, -0.25) is 0 Å². The number of aromatic nitrogens is 2. The van der Waals surface area contributed by atoms with Gasteiger partial charge in [-0.25, -0.2) is 4.68 Å². The normalized spacial score (nSPS) is 11.2. The Labute approximate surface area is 127 Å². The van der Waals surface area contributed by atoms with Crippen LogP contribution in [0.3, 0.4) is 0 Å². The van der Waals surface area contributed by atoms with Crippen LogP contribution >= 0.6 is 0 Å². The summed E-state index contributed by atoms with van der Waals surface area (Å²) in [6.07, 6.45) is 0. The standard InChI is InChI=1S/C17H25N3O/c1-11(2)14-8-7-12(3)16(9-14)21-17-15(10-18-5)13(4)19-20(17)6/h7-9,11,18H,10H2,1-6H3. The van der Waals surface area contributed by atoms with Gasteiger partial charge in [-0.15, -0.1) is 0 Å². The van der Waals surface area contributed by atoms with E-state index in [1.165, 1.54) is 5.56 Å². The predicted octanol–water partition coefficient (Wildman–Crippen LogP) is 3.67. The maximum Gasteiger partial charge on any atom is 0.222 e. The number of nitrogens with zero attached hydrogens (tertiary/aromatic N) is 2. The minimum absolute atomic E-state index is 0.484. The van der Waals surface area contributed by atoms with Crippen LogP contribution in [-0.2, 0) is 13.6 Å². The van der Waals surface area contributed by atoms with Crippen LogP contribution < -0.4 is 10.1 Å². The first-order valence-electron chi connectivity index (χ1n) is 7.39. The van der Waals surface area contributed by atoms with Gasteiger partial charge in [0.2, 0.25) is 5.88 Å². The summed E-state index contributed by atoms with van der Waals surface area (Å²) in [5, 5.41) is 7.64. The first-order valence-corrected chi connectivity index (χ1v) is 7.39. The molecule has 1 heterocycles. The van der Waals surface area contributed by atoms with Crippen molar-refractivity contribution in [3.8, 4) is 11.6 Å². The van der Waals surface area contributed by atoms with Crippen LogP contribution in [0.5, 0.6) is 11.6 Å². The van der Waals surface area contributed by atoms with Gasteiger partial charge in [0.15, 0.2) is 0 Å². The Hall–Kier alpha value is -1.81. The lowest BCUT2D eigenvalue weighted by Crippen LogP contribution is -2.07. The van der Waals surface area contributed by atoms with E-state index in [-0.39, 0.29) is 0 Å². The Morgan fingerprint density at radius 2 is 2.00 bits per heavy atom. The Balaban J connectivity index is 2.40. The summed E-state index contributed by atoms with van der Waals surface area (Å²) in [5.74, 6) is 2.20. The van der Waals surface area contributed by atoms with Crippen molar-refractivity contribution >= 4 is 0 Å². The van der Waals surface area contributed by atoms with Crippen LogP contribution in [-0.4, -0.2) is 16.8 Å². The molecule has 0 amide bonds. The minimum Gasteiger partial charge on any atom is -0.439 e. The van der Waals surface area contributed by atoms with Crippen LogP contribution in [0.2, 0.25) is 0 Å². The van der Waals surface area contributed by atoms with Crippen LogP contribution in [0.15, 0.2) is 18.2 Å². The average molecular weight is 287 g/mol. The third kappa shape index (κ3) is 3.27. The van der Waals surface area contributed by atoms with E-state index in [1.807, 2.05) is 25.7 Å². The van der Waals surface area contributed by atoms with Crippen molar-refractivity contribution in [1.29, 1.82) is 0 Å². The summed E-state index contributed by atoms with van der Waals surface area (Å²) in [4.78, 5) is 0. The molecule has 2 rings (SSSR count). The Bertz CT molecular complexity index is 629. The molecule has 0 spiro atoms. The van der Waals surface area contributed by atoms with E-state index in [0.29, 0.717) is 5.92 Å². The molecule has 0 radical (unpaired) electrons. The van der Waals surface area contributed by atoms with Crippen molar-refractivity contribution in [2.24, 2.45) is 7.05 Å². The maximum absolute atomic E-state index is 6.20. The molecule has 0 bridgehead atoms. The minimum atomic E-state index is 0.484. The number of aryl methyl sites for hydroxylation is 3. The van der Waals surface area contributed by atoms with Crippen molar-refractivity contribution in [2.75, 3.05) is 7.05 Å². The monoisotopic (exact) mass is 287 g/mol. The van der Waals surface area contributed by atoms with Gasteiger partial charge < -0.3 is 10.1 Å². The molecular weight excluding hydrogens is 262 g/mol. The molecule has 0 aliphatic carbocycles. The van der Waals surface area contributed by atoms with Crippen molar-refractivity contribution in [2.45, 2.75) is 40.2 Å². The Kier molecular flexibility index (Phi) is 4.68. The highest BCUT2D eigenvalue weighted by atomic mass is 16.5. The molecule has 0 unspecified atom stereocenters. The summed E-state index contributed by atoms with van der Waals surface area (Å²) in [7, 11) is 3.85. The molecule has 0 aliphatic rings. The Morgan fingerprint density at radius 1 is 1.29 bits per heavy atom. The molecule has 4 nitrogen and oxygen atoms in total. The van der Waals surface area contributed by atoms with Gasteiger partial charge in [0.1, 0.15) is 5.75 Å². The molecule has 1 aromatic heterocycles. The van der Waals surface area contributed by atoms with E-state index < -0.39 is 0 Å². The zero-order valence-corrected chi connectivity index (χ0v) is 13.8. The topological polar surface area (TPSA) is 39.1 Å². The predicted molar refractivity (Wildman–Crippen MR) is 86.1 cm³/mol. The second-order valence-corrected chi connectivity index (χ2v) is 5.80. The van der Waals surface area contributed by atoms with Crippen molar-refractivity contribution in [3.05, 3.63) is 40.6 Å². The van der Waals surface area contributed by atoms with Gasteiger partial charge in [0.25, 0.3) is 0 Å². The zero-order valence-electron chi connectivity index (χ0n) is 13.8. The van der Waals surface area contributed by atoms with Gasteiger partial charge in [-0.1, -0.05) is 26.0 Å². The molecule has 4 heteroatoms. The highest BCUT2D eigenvalue weighted by Gasteiger charge is 2.16. The molecule has 0 fully saturated rings. The van der Waals surface area contributed by atoms with E-state index in [2.05, 4.69) is 49.4 Å². The molecule has 1 aromatic carbocycles. The van der Waals surface area contributed by atoms with Crippen LogP contribution in [0.1, 0.15) is 42.1 Å². The molecule has 21 heavy (non-hydrogen) atoms. The highest BCUT2D eigenvalue weighted by molar-refractivity contribution is 5.42. The SMILES string of the molecule is CNCc1c(C)nn(C)c1Oc1cc(C(C)C)ccc1C. The van der Waals surface area contributed by atoms with Crippen LogP contribution in [0.25, 0.3) is 0 Å². The number of hydrogen-bond acceptors (Lipinski definition) is 3. The van der Waals surface area contributed by atoms with Gasteiger partial charge in [0, 0.05) is 13.6 Å². The van der Waals surface area contributed by atoms with E-state index in [1.54, 1.807) is 0 Å². The lowest BCUT2D eigenvalue weighted by Gasteiger charge is -2.14. The summed E-state index contributed by atoms with van der Waals surface area (Å²) < 4.78 is 8.00. The quantitative estimate of drug-likeness (QED) is 0.912.